The number of fused-ring (bicyclic) bond motifs is 22. The number of ketones is 3. The number of halogens is 2. The smallest absolute Gasteiger partial charge is 0.343 e. The molecule has 0 saturated heterocycles. The number of rotatable bonds is 7. The highest BCUT2D eigenvalue weighted by Crippen LogP contribution is 2.51. The molecule has 1 saturated carbocycles. The van der Waals surface area contributed by atoms with E-state index in [-0.39, 0.29) is 159 Å². The van der Waals surface area contributed by atoms with E-state index in [1.165, 1.54) is 16.6 Å². The Morgan fingerprint density at radius 3 is 1.44 bits per heavy atom. The Balaban J connectivity index is 0.000000123. The number of carbonyl (C=O) groups is 4. The molecule has 8 aromatic heterocycles. The lowest BCUT2D eigenvalue weighted by Crippen LogP contribution is -2.44. The van der Waals surface area contributed by atoms with E-state index in [1.807, 2.05) is 81.4 Å². The SMILES string of the molecule is C.C.C.C.CC[C@@]1(O)C(=O)COCc2c1cc1n(c2=O)Cc2cc3cc(F)c(F)cc3nc2-1.CC[C@@]1(O)C(=O)Cc2c1cc1n(c2=O)Cc2c-1nc1cc3c(cc1c2C1CCC1)OCO3.CC[C@@]1(O)C(=O)Cc2c1cc1n(c2=O)Cc2cc3cc4c(cc3nc2-1)OCO4.CC[C@@]1(O)C(=O)OCc2c1cc1n(c2=O)Cc2c-1nc1ccccc1c2/C=N/OC(C)(C)C. The minimum atomic E-state index is -1.85. The molecule has 0 spiro atoms. The van der Waals surface area contributed by atoms with Gasteiger partial charge in [-0.05, 0) is 131 Å². The van der Waals surface area contributed by atoms with Crippen LogP contribution >= 0.6 is 0 Å². The normalized spacial score (nSPS) is 20.2. The number of ether oxygens (including phenoxy) is 6. The minimum absolute atomic E-state index is 0. The second-order valence-electron chi connectivity index (χ2n) is 33.7. The summed E-state index contributed by atoms with van der Waals surface area (Å²) in [4.78, 5) is 127. The molecule has 4 N–H and O–H groups in total. The van der Waals surface area contributed by atoms with Crippen molar-refractivity contribution in [1.29, 1.82) is 0 Å². The number of para-hydroxylation sites is 1. The molecule has 4 atom stereocenters. The summed E-state index contributed by atoms with van der Waals surface area (Å²) in [5.41, 5.74) is 7.37. The number of pyridine rings is 8. The highest BCUT2D eigenvalue weighted by atomic mass is 19.2. The van der Waals surface area contributed by atoms with Crippen LogP contribution in [0.1, 0.15) is 207 Å². The molecule has 30 heteroatoms. The molecule has 126 heavy (non-hydrogen) atoms. The average Bonchev–Trinajstić information content (AvgIpc) is 1.55. The molecular weight excluding hydrogens is 1620 g/mol. The van der Waals surface area contributed by atoms with Gasteiger partial charge in [0.2, 0.25) is 13.6 Å². The van der Waals surface area contributed by atoms with Gasteiger partial charge in [0.1, 0.15) is 30.0 Å². The highest BCUT2D eigenvalue weighted by Gasteiger charge is 2.50. The van der Waals surface area contributed by atoms with Crippen LogP contribution in [-0.2, 0) is 108 Å². The van der Waals surface area contributed by atoms with E-state index in [4.69, 9.17) is 48.2 Å². The first-order chi connectivity index (χ1) is 58.4. The summed E-state index contributed by atoms with van der Waals surface area (Å²) in [6.45, 7) is 13.8. The summed E-state index contributed by atoms with van der Waals surface area (Å²) >= 11 is 0. The zero-order valence-corrected chi connectivity index (χ0v) is 67.3. The van der Waals surface area contributed by atoms with Crippen LogP contribution in [0.3, 0.4) is 0 Å². The van der Waals surface area contributed by atoms with Crippen LogP contribution in [-0.4, -0.2) is 114 Å². The molecule has 8 aliphatic heterocycles. The Hall–Kier alpha value is -12.9. The van der Waals surface area contributed by atoms with Crippen molar-refractivity contribution in [3.63, 3.8) is 0 Å². The Kier molecular flexibility index (Phi) is 21.4. The highest BCUT2D eigenvalue weighted by molar-refractivity contribution is 6.03. The molecule has 0 radical (unpaired) electrons. The molecule has 1 fully saturated rings. The van der Waals surface area contributed by atoms with E-state index in [2.05, 4.69) is 10.1 Å². The third-order valence-electron chi connectivity index (χ3n) is 25.9. The topological polar surface area (TPSA) is 366 Å². The maximum atomic E-state index is 13.7. The molecule has 3 aliphatic carbocycles. The summed E-state index contributed by atoms with van der Waals surface area (Å²) in [6, 6.07) is 28.0. The van der Waals surface area contributed by atoms with Crippen molar-refractivity contribution in [2.24, 2.45) is 5.16 Å². The maximum Gasteiger partial charge on any atom is 0.343 e. The first-order valence-electron chi connectivity index (χ1n) is 40.7. The van der Waals surface area contributed by atoms with Crippen molar-refractivity contribution >= 4 is 73.1 Å². The van der Waals surface area contributed by atoms with E-state index in [9.17, 15) is 67.6 Å². The molecule has 0 amide bonds. The number of carbonyl (C=O) groups excluding carboxylic acids is 4. The molecular formula is C96H95F2N9O19. The number of benzene rings is 4. The van der Waals surface area contributed by atoms with Crippen molar-refractivity contribution in [3.05, 3.63) is 228 Å². The zero-order chi connectivity index (χ0) is 85.0. The Bertz CT molecular complexity index is 7080. The van der Waals surface area contributed by atoms with Gasteiger partial charge >= 0.3 is 5.97 Å². The molecule has 28 nitrogen and oxygen atoms in total. The van der Waals surface area contributed by atoms with Crippen molar-refractivity contribution < 1.29 is 81.6 Å². The molecule has 0 bridgehead atoms. The van der Waals surface area contributed by atoms with Crippen LogP contribution in [0.15, 0.2) is 121 Å². The fourth-order valence-corrected chi connectivity index (χ4v) is 19.0. The van der Waals surface area contributed by atoms with E-state index in [0.29, 0.717) is 127 Å². The minimum Gasteiger partial charge on any atom is -0.458 e. The number of aliphatic hydroxyl groups is 4. The maximum absolute atomic E-state index is 13.7. The molecule has 23 rings (SSSR count). The van der Waals surface area contributed by atoms with Crippen LogP contribution < -0.4 is 41.2 Å². The first kappa shape index (κ1) is 86.6. The lowest BCUT2D eigenvalue weighted by Gasteiger charge is -2.31. The first-order valence-corrected chi connectivity index (χ1v) is 40.7. The van der Waals surface area contributed by atoms with E-state index in [0.717, 1.165) is 91.4 Å². The molecule has 4 aromatic carbocycles. The van der Waals surface area contributed by atoms with Crippen molar-refractivity contribution in [3.8, 4) is 68.5 Å². The second kappa shape index (κ2) is 31.1. The lowest BCUT2D eigenvalue weighted by atomic mass is 9.76. The third kappa shape index (κ3) is 13.0. The Morgan fingerprint density at radius 1 is 0.460 bits per heavy atom. The van der Waals surface area contributed by atoms with Gasteiger partial charge in [0, 0.05) is 119 Å². The van der Waals surface area contributed by atoms with E-state index < -0.39 is 51.4 Å². The predicted molar refractivity (Wildman–Crippen MR) is 465 cm³/mol. The van der Waals surface area contributed by atoms with Crippen LogP contribution in [0.25, 0.3) is 89.2 Å². The predicted octanol–water partition coefficient (Wildman–Crippen LogP) is 13.2. The molecule has 11 aliphatic rings. The summed E-state index contributed by atoms with van der Waals surface area (Å²) in [6.07, 6.45) is 5.74. The van der Waals surface area contributed by atoms with Crippen molar-refractivity contribution in [2.75, 3.05) is 20.2 Å². The molecule has 0 unspecified atom stereocenters. The van der Waals surface area contributed by atoms with Gasteiger partial charge in [-0.3, -0.25) is 33.6 Å². The quantitative estimate of drug-likeness (QED) is 0.0654. The fourth-order valence-electron chi connectivity index (χ4n) is 19.0. The van der Waals surface area contributed by atoms with Gasteiger partial charge in [-0.1, -0.05) is 87.2 Å². The number of hydrogen-bond donors (Lipinski definition) is 4. The number of cyclic esters (lactones) is 1. The summed E-state index contributed by atoms with van der Waals surface area (Å²) < 4.78 is 66.3. The van der Waals surface area contributed by atoms with Crippen LogP contribution in [0.5, 0.6) is 23.0 Å². The Labute approximate surface area is 720 Å². The van der Waals surface area contributed by atoms with Crippen LogP contribution in [0.2, 0.25) is 0 Å². The van der Waals surface area contributed by atoms with Gasteiger partial charge < -0.3 is 72.0 Å². The number of aromatic nitrogens is 8. The number of esters is 1. The van der Waals surface area contributed by atoms with E-state index >= 15 is 0 Å². The number of hydrogen-bond acceptors (Lipinski definition) is 24. The molecule has 12 aromatic rings. The number of nitrogens with zero attached hydrogens (tertiary/aromatic N) is 9. The number of Topliss-reactive ketones (excluding diaryl/α,β-unsaturated/α-hetero) is 3. The van der Waals surface area contributed by atoms with Gasteiger partial charge in [-0.25, -0.2) is 33.5 Å². The van der Waals surface area contributed by atoms with Crippen LogP contribution in [0, 0.1) is 11.6 Å². The van der Waals surface area contributed by atoms with Gasteiger partial charge in [0.25, 0.3) is 22.2 Å². The molecule has 652 valence electrons. The summed E-state index contributed by atoms with van der Waals surface area (Å²) in [5, 5.41) is 51.5. The van der Waals surface area contributed by atoms with Gasteiger partial charge in [0.05, 0.1) is 112 Å². The number of oxime groups is 1. The summed E-state index contributed by atoms with van der Waals surface area (Å²) in [5.74, 6) is -0.658. The van der Waals surface area contributed by atoms with Crippen molar-refractivity contribution in [2.45, 2.75) is 209 Å². The fraction of sp³-hybridized carbons (Fsp3) is 0.365. The monoisotopic (exact) mass is 1720 g/mol. The Morgan fingerprint density at radius 2 is 0.897 bits per heavy atom. The zero-order valence-electron chi connectivity index (χ0n) is 67.3. The summed E-state index contributed by atoms with van der Waals surface area (Å²) in [7, 11) is 0. The van der Waals surface area contributed by atoms with Gasteiger partial charge in [-0.15, -0.1) is 0 Å². The lowest BCUT2D eigenvalue weighted by molar-refractivity contribution is -0.172. The van der Waals surface area contributed by atoms with Gasteiger partial charge in [-0.2, -0.15) is 0 Å². The van der Waals surface area contributed by atoms with Crippen molar-refractivity contribution in [1.82, 2.24) is 38.2 Å². The van der Waals surface area contributed by atoms with Gasteiger partial charge in [0.15, 0.2) is 63.2 Å². The molecule has 16 heterocycles. The van der Waals surface area contributed by atoms with Crippen LogP contribution in [0.4, 0.5) is 8.78 Å². The third-order valence-corrected chi connectivity index (χ3v) is 25.9. The standard InChI is InChI=1S/C25H25N3O5.C25H22N2O5.C21H16F2N2O4.C21H16N2O5.4CH4/c1-5-25(31)18-10-20-21-16(12-28(20)22(29)17(18)13-32-23(25)30)15(11-26-33-24(2,3)4)14-8-6-7-9-19(14)27-21;1-2-25(30)16-8-18-23-15(10-27(18)24(29)13(16)7-21(25)28)22(12-4-3-5-12)14-6-19-20(32-11-31-19)9-17(14)26-23;1-2-21(28)13-5-17-19-11(3-10-4-14(22)15(23)6-16(10)24-19)7-25(17)20(27)12(13)8-29-9-18(21)26;1-2-21(26)13-6-15-19-11(8-23(15)20(25)12(13)5-18(21)24)3-10-4-16-17(28-9-27-16)7-14(10)22-19;;;;/h6-11,31H,5,12-13H2,1-4H3;6,8-9,12,30H,2-5,7,10-11H2,1H3;3-6,28H,2,7-9H2,1H3;3-4,6-7,26H,2,5,8-9H2,1H3;4*1H4/b26-11+;;;;;;;/t2*25-;2*21-;;;;/m0000..../s1. The van der Waals surface area contributed by atoms with E-state index in [1.54, 1.807) is 71.9 Å². The largest absolute Gasteiger partial charge is 0.458 e. The average molecular weight is 1720 g/mol. The second-order valence-corrected chi connectivity index (χ2v) is 33.7.